The minimum absolute atomic E-state index is 0.254. The van der Waals surface area contributed by atoms with E-state index >= 15 is 0 Å². The summed E-state index contributed by atoms with van der Waals surface area (Å²) in [6, 6.07) is 28.5. The van der Waals surface area contributed by atoms with Crippen LogP contribution in [0.1, 0.15) is 53.1 Å². The summed E-state index contributed by atoms with van der Waals surface area (Å²) in [7, 11) is 0. The summed E-state index contributed by atoms with van der Waals surface area (Å²) in [5, 5.41) is 24.1. The molecular weight excluding hydrogens is 770 g/mol. The van der Waals surface area contributed by atoms with Gasteiger partial charge in [-0.15, -0.1) is 23.1 Å². The molecule has 6 rings (SSSR count). The molecule has 0 spiro atoms. The molecule has 0 aliphatic carbocycles. The maximum absolute atomic E-state index is 14.1. The van der Waals surface area contributed by atoms with E-state index in [2.05, 4.69) is 33.7 Å². The molecule has 1 unspecified atom stereocenters. The van der Waals surface area contributed by atoms with Crippen LogP contribution in [0.3, 0.4) is 0 Å². The highest BCUT2D eigenvalue weighted by atomic mass is 35.5. The Morgan fingerprint density at radius 1 is 0.882 bits per heavy atom. The van der Waals surface area contributed by atoms with Crippen molar-refractivity contribution in [1.29, 1.82) is 5.26 Å². The Morgan fingerprint density at radius 2 is 1.55 bits per heavy atom. The number of aromatic carboxylic acids is 1. The third-order valence-electron chi connectivity index (χ3n) is 8.13. The number of carboxylic acids is 1. The monoisotopic (exact) mass is 794 g/mol. The average molecular weight is 797 g/mol. The molecule has 2 heterocycles. The van der Waals surface area contributed by atoms with Crippen LogP contribution >= 0.6 is 69.5 Å². The van der Waals surface area contributed by atoms with Crippen molar-refractivity contribution >= 4 is 98.0 Å². The summed E-state index contributed by atoms with van der Waals surface area (Å²) >= 11 is 27.3. The fraction of sp³-hybridized carbons (Fsp3) is 0.135. The van der Waals surface area contributed by atoms with E-state index in [4.69, 9.17) is 46.4 Å². The lowest BCUT2D eigenvalue weighted by Gasteiger charge is -2.26. The molecule has 1 aliphatic heterocycles. The SMILES string of the molecule is N#Cc1c(NC(=O)C(Sc2cccc(NC(=O)c3c(Cl)c(Cl)c(Cl)c(Cl)c3C(=O)O)c2)c2ccccc2)sc2c1CCN(Cc1ccccc1)C2. The summed E-state index contributed by atoms with van der Waals surface area (Å²) in [6.07, 6.45) is 0.709. The third kappa shape index (κ3) is 8.06. The Balaban J connectivity index is 1.23. The number of carbonyl (C=O) groups is 3. The molecule has 0 radical (unpaired) electrons. The highest BCUT2D eigenvalue weighted by molar-refractivity contribution is 8.00. The molecule has 1 aromatic heterocycles. The normalized spacial score (nSPS) is 13.2. The summed E-state index contributed by atoms with van der Waals surface area (Å²) in [5.41, 5.74) is 2.67. The van der Waals surface area contributed by atoms with E-state index in [-0.39, 0.29) is 21.0 Å². The third-order valence-corrected chi connectivity index (χ3v) is 12.3. The van der Waals surface area contributed by atoms with Crippen molar-refractivity contribution in [3.8, 4) is 6.07 Å². The largest absolute Gasteiger partial charge is 0.478 e. The second kappa shape index (κ2) is 16.1. The fourth-order valence-electron chi connectivity index (χ4n) is 5.74. The first-order valence-corrected chi connectivity index (χ1v) is 18.6. The molecule has 1 atom stereocenters. The van der Waals surface area contributed by atoms with E-state index in [1.54, 1.807) is 24.3 Å². The highest BCUT2D eigenvalue weighted by Crippen LogP contribution is 2.43. The van der Waals surface area contributed by atoms with Crippen LogP contribution in [0.5, 0.6) is 0 Å². The van der Waals surface area contributed by atoms with Crippen molar-refractivity contribution in [3.05, 3.63) is 143 Å². The van der Waals surface area contributed by atoms with Crippen LogP contribution in [-0.2, 0) is 24.3 Å². The molecule has 51 heavy (non-hydrogen) atoms. The minimum Gasteiger partial charge on any atom is -0.478 e. The van der Waals surface area contributed by atoms with Crippen LogP contribution in [-0.4, -0.2) is 34.3 Å². The number of benzene rings is 4. The Labute approximate surface area is 321 Å². The van der Waals surface area contributed by atoms with Gasteiger partial charge in [-0.1, -0.05) is 113 Å². The Morgan fingerprint density at radius 3 is 2.22 bits per heavy atom. The molecule has 0 saturated carbocycles. The number of thiophene rings is 1. The summed E-state index contributed by atoms with van der Waals surface area (Å²) < 4.78 is 0. The van der Waals surface area contributed by atoms with Crippen molar-refractivity contribution < 1.29 is 19.5 Å². The Kier molecular flexibility index (Phi) is 11.6. The number of hydrogen-bond acceptors (Lipinski definition) is 7. The molecule has 4 aromatic carbocycles. The maximum Gasteiger partial charge on any atom is 0.338 e. The van der Waals surface area contributed by atoms with Gasteiger partial charge in [-0.05, 0) is 41.3 Å². The first-order chi connectivity index (χ1) is 24.5. The number of rotatable bonds is 10. The van der Waals surface area contributed by atoms with Crippen molar-refractivity contribution in [2.45, 2.75) is 29.7 Å². The fourth-order valence-corrected chi connectivity index (χ4v) is 9.09. The number of nitriles is 1. The van der Waals surface area contributed by atoms with Crippen molar-refractivity contribution in [2.24, 2.45) is 0 Å². The minimum atomic E-state index is -1.51. The average Bonchev–Trinajstić information content (AvgIpc) is 3.47. The lowest BCUT2D eigenvalue weighted by molar-refractivity contribution is -0.115. The van der Waals surface area contributed by atoms with Gasteiger partial charge < -0.3 is 15.7 Å². The predicted octanol–water partition coefficient (Wildman–Crippen LogP) is 10.2. The van der Waals surface area contributed by atoms with E-state index in [0.29, 0.717) is 34.1 Å². The molecule has 2 amide bonds. The number of nitrogens with zero attached hydrogens (tertiary/aromatic N) is 2. The standard InChI is InChI=1S/C37H26Cl4N4O4S2/c38-29-27(28(37(48)49)30(39)32(41)31(29)40)34(46)43-22-12-7-13-23(16-22)50-33(21-10-5-2-6-11-21)35(47)44-36-25(17-42)24-14-15-45(19-26(24)51-36)18-20-8-3-1-4-9-20/h1-13,16,33H,14-15,18-19H2,(H,43,46)(H,44,47)(H,48,49). The van der Waals surface area contributed by atoms with E-state index in [0.717, 1.165) is 29.1 Å². The molecule has 0 bridgehead atoms. The second-order valence-corrected chi connectivity index (χ2v) is 15.3. The van der Waals surface area contributed by atoms with Crippen molar-refractivity contribution in [1.82, 2.24) is 4.90 Å². The summed E-state index contributed by atoms with van der Waals surface area (Å²) in [5.74, 6) is -2.70. The smallest absolute Gasteiger partial charge is 0.338 e. The molecule has 1 aliphatic rings. The van der Waals surface area contributed by atoms with Gasteiger partial charge in [0.1, 0.15) is 16.3 Å². The first kappa shape index (κ1) is 36.7. The summed E-state index contributed by atoms with van der Waals surface area (Å²) in [6.45, 7) is 2.28. The van der Waals surface area contributed by atoms with Gasteiger partial charge in [-0.2, -0.15) is 5.26 Å². The lowest BCUT2D eigenvalue weighted by atomic mass is 10.0. The van der Waals surface area contributed by atoms with Crippen LogP contribution in [0.2, 0.25) is 20.1 Å². The molecule has 5 aromatic rings. The zero-order chi connectivity index (χ0) is 36.2. The van der Waals surface area contributed by atoms with Gasteiger partial charge in [-0.25, -0.2) is 4.79 Å². The van der Waals surface area contributed by atoms with Crippen LogP contribution in [0.15, 0.2) is 89.8 Å². The number of halogens is 4. The molecule has 0 fully saturated rings. The maximum atomic E-state index is 14.1. The van der Waals surface area contributed by atoms with Gasteiger partial charge in [0.05, 0.1) is 36.8 Å². The highest BCUT2D eigenvalue weighted by Gasteiger charge is 2.30. The Hall–Kier alpha value is -4.05. The van der Waals surface area contributed by atoms with E-state index < -0.39 is 33.3 Å². The summed E-state index contributed by atoms with van der Waals surface area (Å²) in [4.78, 5) is 43.5. The Bertz CT molecular complexity index is 2190. The predicted molar refractivity (Wildman–Crippen MR) is 205 cm³/mol. The van der Waals surface area contributed by atoms with E-state index in [1.165, 1.54) is 28.7 Å². The number of fused-ring (bicyclic) bond motifs is 1. The number of thioether (sulfide) groups is 1. The number of nitrogens with one attached hydrogen (secondary N) is 2. The van der Waals surface area contributed by atoms with E-state index in [1.807, 2.05) is 48.5 Å². The van der Waals surface area contributed by atoms with Crippen LogP contribution < -0.4 is 10.6 Å². The van der Waals surface area contributed by atoms with Crippen molar-refractivity contribution in [2.75, 3.05) is 17.2 Å². The van der Waals surface area contributed by atoms with Gasteiger partial charge in [0.15, 0.2) is 0 Å². The molecule has 3 N–H and O–H groups in total. The number of carboxylic acid groups (broad SMARTS) is 1. The van der Waals surface area contributed by atoms with Gasteiger partial charge in [0.25, 0.3) is 5.91 Å². The number of anilines is 2. The van der Waals surface area contributed by atoms with Crippen molar-refractivity contribution in [3.63, 3.8) is 0 Å². The number of carbonyl (C=O) groups excluding carboxylic acids is 2. The van der Waals surface area contributed by atoms with Crippen LogP contribution in [0, 0.1) is 11.3 Å². The molecule has 258 valence electrons. The van der Waals surface area contributed by atoms with Gasteiger partial charge in [0, 0.05) is 35.1 Å². The van der Waals surface area contributed by atoms with Crippen LogP contribution in [0.4, 0.5) is 10.7 Å². The molecule has 8 nitrogen and oxygen atoms in total. The lowest BCUT2D eigenvalue weighted by Crippen LogP contribution is -2.29. The zero-order valence-corrected chi connectivity index (χ0v) is 31.0. The molecular formula is C37H26Cl4N4O4S2. The first-order valence-electron chi connectivity index (χ1n) is 15.4. The van der Waals surface area contributed by atoms with Gasteiger partial charge in [-0.3, -0.25) is 14.5 Å². The topological polar surface area (TPSA) is 123 Å². The second-order valence-electron chi connectivity index (χ2n) is 11.5. The van der Waals surface area contributed by atoms with E-state index in [9.17, 15) is 24.8 Å². The zero-order valence-electron chi connectivity index (χ0n) is 26.4. The van der Waals surface area contributed by atoms with Gasteiger partial charge in [0.2, 0.25) is 5.91 Å². The molecule has 0 saturated heterocycles. The molecule has 14 heteroatoms. The number of hydrogen-bond donors (Lipinski definition) is 3. The quantitative estimate of drug-likeness (QED) is 0.0731. The van der Waals surface area contributed by atoms with Crippen LogP contribution in [0.25, 0.3) is 0 Å². The van der Waals surface area contributed by atoms with Gasteiger partial charge >= 0.3 is 5.97 Å². The number of amides is 2.